The van der Waals surface area contributed by atoms with Crippen LogP contribution in [0.5, 0.6) is 0 Å². The van der Waals surface area contributed by atoms with Crippen LogP contribution < -0.4 is 5.32 Å². The number of carbonyl (C=O) groups is 1. The Morgan fingerprint density at radius 2 is 1.84 bits per heavy atom. The second-order valence-electron chi connectivity index (χ2n) is 6.04. The second-order valence-corrected chi connectivity index (χ2v) is 6.04. The fraction of sp³-hybridized carbons (Fsp3) is 0.190. The van der Waals surface area contributed by atoms with Crippen LogP contribution in [0.4, 0.5) is 0 Å². The Bertz CT molecular complexity index is 839. The first-order valence-corrected chi connectivity index (χ1v) is 8.30. The molecule has 0 aliphatic carbocycles. The third-order valence-corrected chi connectivity index (χ3v) is 4.17. The standard InChI is InChI=1S/C21H21NO3/c1-15(21(23)24)18-9-5-6-16(12-18)13-22-14-19-10-11-20(25-19)17-7-3-2-4-8-17/h2-12,15,22H,13-14H2,1H3,(H,23,24). The lowest BCUT2D eigenvalue weighted by Gasteiger charge is -2.09. The molecule has 2 aromatic carbocycles. The lowest BCUT2D eigenvalue weighted by atomic mass is 9.99. The Labute approximate surface area is 147 Å². The number of carboxylic acid groups (broad SMARTS) is 1. The minimum Gasteiger partial charge on any atom is -0.481 e. The molecule has 0 radical (unpaired) electrons. The highest BCUT2D eigenvalue weighted by atomic mass is 16.4. The zero-order valence-corrected chi connectivity index (χ0v) is 14.1. The van der Waals surface area contributed by atoms with E-state index in [0.717, 1.165) is 28.2 Å². The lowest BCUT2D eigenvalue weighted by Crippen LogP contribution is -2.13. The number of furan rings is 1. The number of hydrogen-bond acceptors (Lipinski definition) is 3. The van der Waals surface area contributed by atoms with Gasteiger partial charge in [0, 0.05) is 12.1 Å². The third kappa shape index (κ3) is 4.37. The molecule has 3 rings (SSSR count). The monoisotopic (exact) mass is 335 g/mol. The van der Waals surface area contributed by atoms with Gasteiger partial charge in [-0.15, -0.1) is 0 Å². The first-order chi connectivity index (χ1) is 12.1. The molecule has 25 heavy (non-hydrogen) atoms. The molecule has 0 bridgehead atoms. The molecule has 4 heteroatoms. The predicted molar refractivity (Wildman–Crippen MR) is 97.2 cm³/mol. The Hall–Kier alpha value is -2.85. The molecule has 0 amide bonds. The number of hydrogen-bond donors (Lipinski definition) is 2. The molecule has 1 aromatic heterocycles. The van der Waals surface area contributed by atoms with E-state index in [1.807, 2.05) is 66.7 Å². The molecule has 0 spiro atoms. The van der Waals surface area contributed by atoms with Crippen molar-refractivity contribution < 1.29 is 14.3 Å². The number of carboxylic acids is 1. The van der Waals surface area contributed by atoms with Gasteiger partial charge in [-0.25, -0.2) is 0 Å². The van der Waals surface area contributed by atoms with Gasteiger partial charge in [-0.3, -0.25) is 4.79 Å². The Morgan fingerprint density at radius 1 is 1.04 bits per heavy atom. The van der Waals surface area contributed by atoms with Crippen LogP contribution in [0.2, 0.25) is 0 Å². The number of nitrogens with one attached hydrogen (secondary N) is 1. The highest BCUT2D eigenvalue weighted by Crippen LogP contribution is 2.22. The summed E-state index contributed by atoms with van der Waals surface area (Å²) in [5, 5.41) is 12.5. The van der Waals surface area contributed by atoms with Gasteiger partial charge < -0.3 is 14.8 Å². The molecular weight excluding hydrogens is 314 g/mol. The van der Waals surface area contributed by atoms with Crippen LogP contribution in [-0.4, -0.2) is 11.1 Å². The number of rotatable bonds is 7. The molecule has 0 aliphatic rings. The van der Waals surface area contributed by atoms with E-state index in [4.69, 9.17) is 9.52 Å². The van der Waals surface area contributed by atoms with Crippen molar-refractivity contribution >= 4 is 5.97 Å². The van der Waals surface area contributed by atoms with Gasteiger partial charge in [-0.1, -0.05) is 54.6 Å². The molecule has 0 saturated heterocycles. The lowest BCUT2D eigenvalue weighted by molar-refractivity contribution is -0.138. The topological polar surface area (TPSA) is 62.5 Å². The van der Waals surface area contributed by atoms with E-state index < -0.39 is 11.9 Å². The van der Waals surface area contributed by atoms with E-state index in [2.05, 4.69) is 5.32 Å². The van der Waals surface area contributed by atoms with Gasteiger partial charge in [0.25, 0.3) is 0 Å². The summed E-state index contributed by atoms with van der Waals surface area (Å²) in [5.41, 5.74) is 2.93. The van der Waals surface area contributed by atoms with Crippen molar-refractivity contribution in [2.75, 3.05) is 0 Å². The quantitative estimate of drug-likeness (QED) is 0.671. The summed E-state index contributed by atoms with van der Waals surface area (Å²) >= 11 is 0. The van der Waals surface area contributed by atoms with Crippen molar-refractivity contribution in [3.05, 3.63) is 83.6 Å². The zero-order valence-electron chi connectivity index (χ0n) is 14.1. The fourth-order valence-electron chi connectivity index (χ4n) is 2.68. The Morgan fingerprint density at radius 3 is 2.60 bits per heavy atom. The van der Waals surface area contributed by atoms with E-state index in [-0.39, 0.29) is 0 Å². The summed E-state index contributed by atoms with van der Waals surface area (Å²) in [4.78, 5) is 11.1. The van der Waals surface area contributed by atoms with Gasteiger partial charge in [-0.05, 0) is 30.2 Å². The van der Waals surface area contributed by atoms with Gasteiger partial charge in [0.15, 0.2) is 0 Å². The number of aliphatic carboxylic acids is 1. The highest BCUT2D eigenvalue weighted by molar-refractivity contribution is 5.75. The van der Waals surface area contributed by atoms with E-state index >= 15 is 0 Å². The third-order valence-electron chi connectivity index (χ3n) is 4.17. The molecule has 1 unspecified atom stereocenters. The smallest absolute Gasteiger partial charge is 0.310 e. The average Bonchev–Trinajstić information content (AvgIpc) is 3.11. The van der Waals surface area contributed by atoms with E-state index in [1.54, 1.807) is 6.92 Å². The second kappa shape index (κ2) is 7.81. The summed E-state index contributed by atoms with van der Waals surface area (Å²) in [5.74, 6) is 0.413. The Kier molecular flexibility index (Phi) is 5.31. The molecule has 2 N–H and O–H groups in total. The van der Waals surface area contributed by atoms with Crippen LogP contribution in [0.15, 0.2) is 71.1 Å². The van der Waals surface area contributed by atoms with Crippen LogP contribution in [0.3, 0.4) is 0 Å². The normalized spacial score (nSPS) is 12.0. The molecule has 4 nitrogen and oxygen atoms in total. The Balaban J connectivity index is 1.58. The van der Waals surface area contributed by atoms with Crippen LogP contribution in [0, 0.1) is 0 Å². The molecule has 1 heterocycles. The van der Waals surface area contributed by atoms with E-state index in [0.29, 0.717) is 13.1 Å². The SMILES string of the molecule is CC(C(=O)O)c1cccc(CNCc2ccc(-c3ccccc3)o2)c1. The maximum Gasteiger partial charge on any atom is 0.310 e. The average molecular weight is 335 g/mol. The van der Waals surface area contributed by atoms with Crippen LogP contribution in [-0.2, 0) is 17.9 Å². The summed E-state index contributed by atoms with van der Waals surface area (Å²) in [6.07, 6.45) is 0. The minimum atomic E-state index is -0.811. The summed E-state index contributed by atoms with van der Waals surface area (Å²) in [6.45, 7) is 2.97. The van der Waals surface area contributed by atoms with Gasteiger partial charge in [0.05, 0.1) is 12.5 Å². The van der Waals surface area contributed by atoms with E-state index in [1.165, 1.54) is 0 Å². The highest BCUT2D eigenvalue weighted by Gasteiger charge is 2.13. The molecule has 0 aliphatic heterocycles. The van der Waals surface area contributed by atoms with Crippen molar-refractivity contribution in [2.45, 2.75) is 25.9 Å². The van der Waals surface area contributed by atoms with Crippen molar-refractivity contribution in [1.29, 1.82) is 0 Å². The maximum absolute atomic E-state index is 11.1. The summed E-state index contributed by atoms with van der Waals surface area (Å²) < 4.78 is 5.86. The van der Waals surface area contributed by atoms with E-state index in [9.17, 15) is 4.79 Å². The molecule has 1 atom stereocenters. The van der Waals surface area contributed by atoms with Gasteiger partial charge >= 0.3 is 5.97 Å². The molecule has 128 valence electrons. The fourth-order valence-corrected chi connectivity index (χ4v) is 2.68. The summed E-state index contributed by atoms with van der Waals surface area (Å²) in [6, 6.07) is 21.6. The van der Waals surface area contributed by atoms with Gasteiger partial charge in [0.2, 0.25) is 0 Å². The molecule has 0 saturated carbocycles. The summed E-state index contributed by atoms with van der Waals surface area (Å²) in [7, 11) is 0. The molecule has 3 aromatic rings. The van der Waals surface area contributed by atoms with Crippen molar-refractivity contribution in [1.82, 2.24) is 5.32 Å². The molecule has 0 fully saturated rings. The van der Waals surface area contributed by atoms with Crippen molar-refractivity contribution in [3.63, 3.8) is 0 Å². The first-order valence-electron chi connectivity index (χ1n) is 8.30. The van der Waals surface area contributed by atoms with Crippen LogP contribution in [0.25, 0.3) is 11.3 Å². The minimum absolute atomic E-state index is 0.501. The number of benzene rings is 2. The van der Waals surface area contributed by atoms with Gasteiger partial charge in [0.1, 0.15) is 11.5 Å². The van der Waals surface area contributed by atoms with Crippen LogP contribution >= 0.6 is 0 Å². The largest absolute Gasteiger partial charge is 0.481 e. The van der Waals surface area contributed by atoms with Gasteiger partial charge in [-0.2, -0.15) is 0 Å². The van der Waals surface area contributed by atoms with Crippen molar-refractivity contribution in [3.8, 4) is 11.3 Å². The molecular formula is C21H21NO3. The first kappa shape index (κ1) is 17.0. The maximum atomic E-state index is 11.1. The predicted octanol–water partition coefficient (Wildman–Crippen LogP) is 4.42. The van der Waals surface area contributed by atoms with Crippen LogP contribution in [0.1, 0.15) is 29.7 Å². The zero-order chi connectivity index (χ0) is 17.6. The van der Waals surface area contributed by atoms with Crippen molar-refractivity contribution in [2.24, 2.45) is 0 Å².